The molecule has 0 aromatic heterocycles. The number of rotatable bonds is 10. The number of fused-ring (bicyclic) bond motifs is 1. The van der Waals surface area contributed by atoms with Crippen molar-refractivity contribution in [1.29, 1.82) is 0 Å². The van der Waals surface area contributed by atoms with Crippen molar-refractivity contribution < 1.29 is 4.39 Å². The summed E-state index contributed by atoms with van der Waals surface area (Å²) in [7, 11) is 0. The standard InChI is InChI=1S/C35H43F/c1-3-5-7-9-11-29-17-25-34-33(26-29)24-23-32(35(34)36)22-16-28-14-20-31(21-15-28)30-18-12-27(13-19-30)10-8-6-4-2/h14-15,17,20-21,23-27,30H,3-13,18-19H2,1-2H3. The third-order valence-corrected chi connectivity index (χ3v) is 8.12. The Labute approximate surface area is 218 Å². The summed E-state index contributed by atoms with van der Waals surface area (Å²) in [5.41, 5.74) is 4.16. The summed E-state index contributed by atoms with van der Waals surface area (Å²) in [5.74, 6) is 7.70. The molecule has 1 fully saturated rings. The minimum Gasteiger partial charge on any atom is -0.205 e. The Bertz CT molecular complexity index is 1150. The highest BCUT2D eigenvalue weighted by Crippen LogP contribution is 2.37. The molecule has 0 radical (unpaired) electrons. The van der Waals surface area contributed by atoms with Crippen molar-refractivity contribution in [2.24, 2.45) is 5.92 Å². The van der Waals surface area contributed by atoms with Crippen LogP contribution >= 0.6 is 0 Å². The van der Waals surface area contributed by atoms with Gasteiger partial charge >= 0.3 is 0 Å². The Balaban J connectivity index is 1.36. The van der Waals surface area contributed by atoms with E-state index in [0.29, 0.717) is 16.9 Å². The van der Waals surface area contributed by atoms with Crippen LogP contribution in [0.15, 0.2) is 54.6 Å². The van der Waals surface area contributed by atoms with E-state index in [-0.39, 0.29) is 5.82 Å². The third kappa shape index (κ3) is 7.22. The lowest BCUT2D eigenvalue weighted by Crippen LogP contribution is -2.13. The Kier molecular flexibility index (Phi) is 10.0. The van der Waals surface area contributed by atoms with Gasteiger partial charge in [-0.2, -0.15) is 0 Å². The lowest BCUT2D eigenvalue weighted by Gasteiger charge is -2.29. The fourth-order valence-electron chi connectivity index (χ4n) is 5.79. The predicted octanol–water partition coefficient (Wildman–Crippen LogP) is 10.4. The Hall–Kier alpha value is -2.59. The maximum absolute atomic E-state index is 15.2. The van der Waals surface area contributed by atoms with Crippen LogP contribution in [0.3, 0.4) is 0 Å². The van der Waals surface area contributed by atoms with Crippen LogP contribution in [0.4, 0.5) is 4.39 Å². The highest BCUT2D eigenvalue weighted by atomic mass is 19.1. The minimum atomic E-state index is -0.204. The number of hydrogen-bond donors (Lipinski definition) is 0. The molecular weight excluding hydrogens is 439 g/mol. The lowest BCUT2D eigenvalue weighted by molar-refractivity contribution is 0.303. The van der Waals surface area contributed by atoms with Crippen LogP contribution in [-0.2, 0) is 6.42 Å². The van der Waals surface area contributed by atoms with Crippen LogP contribution in [-0.4, -0.2) is 0 Å². The van der Waals surface area contributed by atoms with Gasteiger partial charge < -0.3 is 0 Å². The first-order valence-corrected chi connectivity index (χ1v) is 14.5. The molecule has 0 atom stereocenters. The zero-order valence-electron chi connectivity index (χ0n) is 22.4. The number of benzene rings is 3. The van der Waals surface area contributed by atoms with E-state index in [2.05, 4.69) is 62.1 Å². The molecule has 0 aliphatic heterocycles. The van der Waals surface area contributed by atoms with E-state index in [1.165, 1.54) is 88.2 Å². The molecule has 1 aliphatic carbocycles. The zero-order valence-corrected chi connectivity index (χ0v) is 22.4. The Morgan fingerprint density at radius 1 is 0.750 bits per heavy atom. The Morgan fingerprint density at radius 2 is 1.50 bits per heavy atom. The molecule has 0 unspecified atom stereocenters. The molecule has 1 saturated carbocycles. The second-order valence-electron chi connectivity index (χ2n) is 10.9. The second-order valence-corrected chi connectivity index (χ2v) is 10.9. The van der Waals surface area contributed by atoms with E-state index < -0.39 is 0 Å². The predicted molar refractivity (Wildman–Crippen MR) is 153 cm³/mol. The van der Waals surface area contributed by atoms with Crippen molar-refractivity contribution in [1.82, 2.24) is 0 Å². The van der Waals surface area contributed by atoms with Crippen molar-refractivity contribution in [3.8, 4) is 11.8 Å². The first-order chi connectivity index (χ1) is 17.7. The number of unbranched alkanes of at least 4 members (excludes halogenated alkanes) is 5. The van der Waals surface area contributed by atoms with Gasteiger partial charge in [-0.3, -0.25) is 0 Å². The minimum absolute atomic E-state index is 0.204. The molecule has 1 aliphatic rings. The molecular formula is C35H43F. The van der Waals surface area contributed by atoms with Crippen molar-refractivity contribution in [2.75, 3.05) is 0 Å². The van der Waals surface area contributed by atoms with E-state index in [0.717, 1.165) is 23.3 Å². The van der Waals surface area contributed by atoms with E-state index in [1.807, 2.05) is 18.2 Å². The maximum Gasteiger partial charge on any atom is 0.146 e. The first kappa shape index (κ1) is 26.5. The SMILES string of the molecule is CCCCCCc1ccc2c(F)c(C#Cc3ccc(C4CCC(CCCCC)CC4)cc3)ccc2c1. The van der Waals surface area contributed by atoms with Crippen molar-refractivity contribution in [3.05, 3.63) is 82.7 Å². The topological polar surface area (TPSA) is 0 Å². The normalized spacial score (nSPS) is 17.6. The Morgan fingerprint density at radius 3 is 2.25 bits per heavy atom. The van der Waals surface area contributed by atoms with Gasteiger partial charge in [0.25, 0.3) is 0 Å². The zero-order chi connectivity index (χ0) is 25.2. The molecule has 0 nitrogen and oxygen atoms in total. The third-order valence-electron chi connectivity index (χ3n) is 8.12. The molecule has 36 heavy (non-hydrogen) atoms. The van der Waals surface area contributed by atoms with Gasteiger partial charge in [-0.05, 0) is 85.1 Å². The molecule has 4 rings (SSSR count). The van der Waals surface area contributed by atoms with Gasteiger partial charge in [0.15, 0.2) is 0 Å². The van der Waals surface area contributed by atoms with Crippen LogP contribution in [0, 0.1) is 23.6 Å². The molecule has 0 heterocycles. The second kappa shape index (κ2) is 13.6. The summed E-state index contributed by atoms with van der Waals surface area (Å²) in [6, 6.07) is 18.7. The highest BCUT2D eigenvalue weighted by molar-refractivity contribution is 5.85. The van der Waals surface area contributed by atoms with Gasteiger partial charge in [-0.15, -0.1) is 0 Å². The molecule has 3 aromatic rings. The van der Waals surface area contributed by atoms with Gasteiger partial charge in [-0.25, -0.2) is 4.39 Å². The summed E-state index contributed by atoms with van der Waals surface area (Å²) >= 11 is 0. The monoisotopic (exact) mass is 482 g/mol. The summed E-state index contributed by atoms with van der Waals surface area (Å²) in [6.45, 7) is 4.52. The summed E-state index contributed by atoms with van der Waals surface area (Å²) in [5, 5.41) is 1.63. The van der Waals surface area contributed by atoms with E-state index >= 15 is 4.39 Å². The average molecular weight is 483 g/mol. The number of hydrogen-bond acceptors (Lipinski definition) is 0. The van der Waals surface area contributed by atoms with Crippen LogP contribution in [0.2, 0.25) is 0 Å². The van der Waals surface area contributed by atoms with Crippen LogP contribution in [0.1, 0.15) is 119 Å². The molecule has 0 spiro atoms. The molecule has 0 N–H and O–H groups in total. The maximum atomic E-state index is 15.2. The van der Waals surface area contributed by atoms with E-state index in [4.69, 9.17) is 0 Å². The van der Waals surface area contributed by atoms with Gasteiger partial charge in [0, 0.05) is 10.9 Å². The van der Waals surface area contributed by atoms with Crippen molar-refractivity contribution in [3.63, 3.8) is 0 Å². The molecule has 0 saturated heterocycles. The summed E-state index contributed by atoms with van der Waals surface area (Å²) in [6.07, 6.45) is 16.9. The van der Waals surface area contributed by atoms with Crippen LogP contribution in [0.5, 0.6) is 0 Å². The van der Waals surface area contributed by atoms with Gasteiger partial charge in [0.1, 0.15) is 5.82 Å². The number of halogens is 1. The van der Waals surface area contributed by atoms with Crippen molar-refractivity contribution >= 4 is 10.8 Å². The van der Waals surface area contributed by atoms with Gasteiger partial charge in [0.2, 0.25) is 0 Å². The molecule has 3 aromatic carbocycles. The lowest BCUT2D eigenvalue weighted by atomic mass is 9.77. The quantitative estimate of drug-likeness (QED) is 0.199. The molecule has 190 valence electrons. The fraction of sp³-hybridized carbons (Fsp3) is 0.486. The number of aryl methyl sites for hydroxylation is 1. The highest BCUT2D eigenvalue weighted by Gasteiger charge is 2.21. The van der Waals surface area contributed by atoms with Crippen LogP contribution < -0.4 is 0 Å². The average Bonchev–Trinajstić information content (AvgIpc) is 2.92. The molecule has 1 heteroatoms. The first-order valence-electron chi connectivity index (χ1n) is 14.5. The van der Waals surface area contributed by atoms with Crippen molar-refractivity contribution in [2.45, 2.75) is 103 Å². The largest absolute Gasteiger partial charge is 0.205 e. The summed E-state index contributed by atoms with van der Waals surface area (Å²) < 4.78 is 15.2. The smallest absolute Gasteiger partial charge is 0.146 e. The van der Waals surface area contributed by atoms with Gasteiger partial charge in [-0.1, -0.05) is 107 Å². The molecule has 0 bridgehead atoms. The fourth-order valence-corrected chi connectivity index (χ4v) is 5.79. The summed E-state index contributed by atoms with van der Waals surface area (Å²) in [4.78, 5) is 0. The van der Waals surface area contributed by atoms with E-state index in [9.17, 15) is 0 Å². The van der Waals surface area contributed by atoms with E-state index in [1.54, 1.807) is 0 Å². The van der Waals surface area contributed by atoms with Crippen LogP contribution in [0.25, 0.3) is 10.8 Å². The van der Waals surface area contributed by atoms with Gasteiger partial charge in [0.05, 0.1) is 5.56 Å². The molecule has 0 amide bonds.